The van der Waals surface area contributed by atoms with Crippen molar-refractivity contribution < 1.29 is 0 Å². The third-order valence-electron chi connectivity index (χ3n) is 2.51. The molecule has 5 heteroatoms. The summed E-state index contributed by atoms with van der Waals surface area (Å²) < 4.78 is 0. The zero-order chi connectivity index (χ0) is 12.1. The maximum Gasteiger partial charge on any atom is 0.124 e. The Kier molecular flexibility index (Phi) is 4.47. The molecule has 1 unspecified atom stereocenters. The van der Waals surface area contributed by atoms with Gasteiger partial charge < -0.3 is 4.90 Å². The molecule has 1 aromatic rings. The Balaban J connectivity index is 2.65. The number of aryl methyl sites for hydroxylation is 2. The number of nitriles is 1. The first-order valence-electron chi connectivity index (χ1n) is 5.35. The highest BCUT2D eigenvalue weighted by molar-refractivity contribution is 5.31. The molecule has 0 bridgehead atoms. The van der Waals surface area contributed by atoms with Crippen molar-refractivity contribution in [1.82, 2.24) is 20.4 Å². The lowest BCUT2D eigenvalue weighted by molar-refractivity contribution is 0.395. The number of nitrogens with one attached hydrogen (secondary N) is 2. The molecule has 0 saturated heterocycles. The van der Waals surface area contributed by atoms with E-state index in [1.54, 1.807) is 0 Å². The highest BCUT2D eigenvalue weighted by Gasteiger charge is 2.17. The molecule has 1 aromatic heterocycles. The number of H-pyrrole nitrogens is 1. The van der Waals surface area contributed by atoms with Crippen LogP contribution in [0.15, 0.2) is 0 Å². The van der Waals surface area contributed by atoms with Crippen molar-refractivity contribution in [2.24, 2.45) is 0 Å². The van der Waals surface area contributed by atoms with Crippen molar-refractivity contribution in [3.63, 3.8) is 0 Å². The van der Waals surface area contributed by atoms with Gasteiger partial charge >= 0.3 is 0 Å². The third-order valence-corrected chi connectivity index (χ3v) is 2.51. The predicted octanol–water partition coefficient (Wildman–Crippen LogP) is 0.742. The Morgan fingerprint density at radius 2 is 2.19 bits per heavy atom. The number of rotatable bonds is 5. The van der Waals surface area contributed by atoms with Crippen LogP contribution in [0.1, 0.15) is 23.0 Å². The molecule has 1 rings (SSSR count). The van der Waals surface area contributed by atoms with Gasteiger partial charge in [0.15, 0.2) is 0 Å². The van der Waals surface area contributed by atoms with Gasteiger partial charge in [-0.25, -0.2) is 0 Å². The fraction of sp³-hybridized carbons (Fsp3) is 0.636. The molecule has 5 nitrogen and oxygen atoms in total. The molecule has 16 heavy (non-hydrogen) atoms. The molecule has 1 atom stereocenters. The number of nitrogens with zero attached hydrogens (tertiary/aromatic N) is 3. The van der Waals surface area contributed by atoms with Crippen molar-refractivity contribution in [3.8, 4) is 6.07 Å². The Hall–Kier alpha value is -1.38. The van der Waals surface area contributed by atoms with E-state index in [2.05, 4.69) is 26.5 Å². The SMILES string of the molecule is Cc1n[nH]c(C)c1C(C#N)NCCN(C)C. The van der Waals surface area contributed by atoms with Crippen LogP contribution in [0.3, 0.4) is 0 Å². The lowest BCUT2D eigenvalue weighted by atomic mass is 10.1. The van der Waals surface area contributed by atoms with Crippen molar-refractivity contribution in [1.29, 1.82) is 5.26 Å². The summed E-state index contributed by atoms with van der Waals surface area (Å²) in [5.41, 5.74) is 2.82. The van der Waals surface area contributed by atoms with Crippen LogP contribution in [0, 0.1) is 25.2 Å². The molecule has 0 aromatic carbocycles. The largest absolute Gasteiger partial charge is 0.308 e. The zero-order valence-corrected chi connectivity index (χ0v) is 10.3. The molecule has 0 spiro atoms. The number of aromatic amines is 1. The third kappa shape index (κ3) is 3.05. The van der Waals surface area contributed by atoms with Crippen LogP contribution in [0.4, 0.5) is 0 Å². The van der Waals surface area contributed by atoms with E-state index in [-0.39, 0.29) is 6.04 Å². The Labute approximate surface area is 96.5 Å². The van der Waals surface area contributed by atoms with E-state index < -0.39 is 0 Å². The maximum atomic E-state index is 9.14. The van der Waals surface area contributed by atoms with Gasteiger partial charge in [0, 0.05) is 24.3 Å². The average molecular weight is 221 g/mol. The van der Waals surface area contributed by atoms with Gasteiger partial charge in [-0.15, -0.1) is 0 Å². The number of hydrogen-bond acceptors (Lipinski definition) is 4. The van der Waals surface area contributed by atoms with E-state index in [1.165, 1.54) is 0 Å². The van der Waals surface area contributed by atoms with Crippen LogP contribution in [0.5, 0.6) is 0 Å². The van der Waals surface area contributed by atoms with Crippen molar-refractivity contribution in [2.75, 3.05) is 27.2 Å². The first kappa shape index (κ1) is 12.7. The summed E-state index contributed by atoms with van der Waals surface area (Å²) >= 11 is 0. The molecular weight excluding hydrogens is 202 g/mol. The minimum atomic E-state index is -0.279. The molecule has 2 N–H and O–H groups in total. The van der Waals surface area contributed by atoms with E-state index in [0.717, 1.165) is 30.0 Å². The van der Waals surface area contributed by atoms with Crippen LogP contribution < -0.4 is 5.32 Å². The van der Waals surface area contributed by atoms with Crippen LogP contribution in [0.2, 0.25) is 0 Å². The van der Waals surface area contributed by atoms with E-state index >= 15 is 0 Å². The van der Waals surface area contributed by atoms with Gasteiger partial charge in [0.25, 0.3) is 0 Å². The lowest BCUT2D eigenvalue weighted by Crippen LogP contribution is -2.29. The smallest absolute Gasteiger partial charge is 0.124 e. The van der Waals surface area contributed by atoms with E-state index in [0.29, 0.717) is 0 Å². The number of aromatic nitrogens is 2. The van der Waals surface area contributed by atoms with Gasteiger partial charge in [0.05, 0.1) is 11.8 Å². The molecule has 0 amide bonds. The van der Waals surface area contributed by atoms with Gasteiger partial charge in [-0.1, -0.05) is 0 Å². The Morgan fingerprint density at radius 3 is 2.62 bits per heavy atom. The standard InChI is InChI=1S/C11H19N5/c1-8-11(9(2)15-14-8)10(7-12)13-5-6-16(3)4/h10,13H,5-6H2,1-4H3,(H,14,15). The quantitative estimate of drug-likeness (QED) is 0.769. The second kappa shape index (κ2) is 5.64. The van der Waals surface area contributed by atoms with Crippen LogP contribution in [-0.4, -0.2) is 42.3 Å². The summed E-state index contributed by atoms with van der Waals surface area (Å²) in [6, 6.07) is 1.99. The number of hydrogen-bond donors (Lipinski definition) is 2. The van der Waals surface area contributed by atoms with Gasteiger partial charge in [0.1, 0.15) is 6.04 Å². The maximum absolute atomic E-state index is 9.14. The molecular formula is C11H19N5. The second-order valence-corrected chi connectivity index (χ2v) is 4.17. The van der Waals surface area contributed by atoms with Crippen molar-refractivity contribution >= 4 is 0 Å². The monoisotopic (exact) mass is 221 g/mol. The molecule has 0 aliphatic heterocycles. The van der Waals surface area contributed by atoms with Crippen LogP contribution in [-0.2, 0) is 0 Å². The lowest BCUT2D eigenvalue weighted by Gasteiger charge is -2.14. The summed E-state index contributed by atoms with van der Waals surface area (Å²) in [4.78, 5) is 2.08. The summed E-state index contributed by atoms with van der Waals surface area (Å²) in [5.74, 6) is 0. The Morgan fingerprint density at radius 1 is 1.50 bits per heavy atom. The minimum Gasteiger partial charge on any atom is -0.308 e. The number of likely N-dealkylation sites (N-methyl/N-ethyl adjacent to an activating group) is 1. The normalized spacial score (nSPS) is 12.8. The fourth-order valence-corrected chi connectivity index (χ4v) is 1.63. The summed E-state index contributed by atoms with van der Waals surface area (Å²) in [5, 5.41) is 19.4. The zero-order valence-electron chi connectivity index (χ0n) is 10.3. The molecule has 0 saturated carbocycles. The molecule has 0 radical (unpaired) electrons. The van der Waals surface area contributed by atoms with Gasteiger partial charge in [0.2, 0.25) is 0 Å². The fourth-order valence-electron chi connectivity index (χ4n) is 1.63. The van der Waals surface area contributed by atoms with Crippen LogP contribution in [0.25, 0.3) is 0 Å². The first-order valence-corrected chi connectivity index (χ1v) is 5.35. The Bertz CT molecular complexity index is 355. The van der Waals surface area contributed by atoms with Gasteiger partial charge in [-0.2, -0.15) is 10.4 Å². The average Bonchev–Trinajstić information content (AvgIpc) is 2.54. The molecule has 1 heterocycles. The summed E-state index contributed by atoms with van der Waals surface area (Å²) in [6.45, 7) is 5.55. The highest BCUT2D eigenvalue weighted by Crippen LogP contribution is 2.18. The van der Waals surface area contributed by atoms with Crippen molar-refractivity contribution in [3.05, 3.63) is 17.0 Å². The van der Waals surface area contributed by atoms with Gasteiger partial charge in [-0.05, 0) is 27.9 Å². The van der Waals surface area contributed by atoms with Gasteiger partial charge in [-0.3, -0.25) is 10.4 Å². The topological polar surface area (TPSA) is 67.7 Å². The van der Waals surface area contributed by atoms with E-state index in [1.807, 2.05) is 27.9 Å². The second-order valence-electron chi connectivity index (χ2n) is 4.17. The van der Waals surface area contributed by atoms with E-state index in [9.17, 15) is 0 Å². The van der Waals surface area contributed by atoms with Crippen LogP contribution >= 0.6 is 0 Å². The van der Waals surface area contributed by atoms with E-state index in [4.69, 9.17) is 5.26 Å². The summed E-state index contributed by atoms with van der Waals surface area (Å²) in [7, 11) is 4.02. The van der Waals surface area contributed by atoms with Crippen molar-refractivity contribution in [2.45, 2.75) is 19.9 Å². The molecule has 0 aliphatic rings. The summed E-state index contributed by atoms with van der Waals surface area (Å²) in [6.07, 6.45) is 0. The minimum absolute atomic E-state index is 0.279. The predicted molar refractivity (Wildman–Crippen MR) is 63.0 cm³/mol. The molecule has 0 aliphatic carbocycles. The molecule has 0 fully saturated rings. The highest BCUT2D eigenvalue weighted by atomic mass is 15.1. The first-order chi connectivity index (χ1) is 7.56. The molecule has 88 valence electrons.